The van der Waals surface area contributed by atoms with E-state index in [0.717, 1.165) is 16.8 Å². The number of aromatic nitrogens is 1. The van der Waals surface area contributed by atoms with Gasteiger partial charge in [-0.3, -0.25) is 4.90 Å². The van der Waals surface area contributed by atoms with E-state index in [1.165, 1.54) is 25.9 Å². The second-order valence-electron chi connectivity index (χ2n) is 4.38. The predicted molar refractivity (Wildman–Crippen MR) is 72.7 cm³/mol. The number of ether oxygens (including phenoxy) is 1. The summed E-state index contributed by atoms with van der Waals surface area (Å²) in [6, 6.07) is 1.86. The summed E-state index contributed by atoms with van der Waals surface area (Å²) in [6.07, 6.45) is 4.44. The average Bonchev–Trinajstić information content (AvgIpc) is 2.76. The SMILES string of the molecule is C[C@@H](CN1CCCC1)Oc1cnc(Cl)c(Br)c1. The number of hydrogen-bond donors (Lipinski definition) is 0. The average molecular weight is 320 g/mol. The van der Waals surface area contributed by atoms with Crippen LogP contribution in [-0.2, 0) is 0 Å². The van der Waals surface area contributed by atoms with Gasteiger partial charge in [-0.15, -0.1) is 0 Å². The zero-order valence-corrected chi connectivity index (χ0v) is 12.2. The molecule has 1 aromatic rings. The van der Waals surface area contributed by atoms with Crippen molar-refractivity contribution in [3.63, 3.8) is 0 Å². The van der Waals surface area contributed by atoms with E-state index in [2.05, 4.69) is 32.7 Å². The fraction of sp³-hybridized carbons (Fsp3) is 0.583. The molecule has 1 fully saturated rings. The smallest absolute Gasteiger partial charge is 0.143 e. The molecule has 0 bridgehead atoms. The quantitative estimate of drug-likeness (QED) is 0.796. The van der Waals surface area contributed by atoms with Crippen LogP contribution in [0.5, 0.6) is 5.75 Å². The van der Waals surface area contributed by atoms with Gasteiger partial charge in [0.05, 0.1) is 10.7 Å². The molecule has 5 heteroatoms. The molecule has 0 N–H and O–H groups in total. The second-order valence-corrected chi connectivity index (χ2v) is 5.59. The van der Waals surface area contributed by atoms with E-state index in [9.17, 15) is 0 Å². The summed E-state index contributed by atoms with van der Waals surface area (Å²) in [6.45, 7) is 5.44. The maximum atomic E-state index is 5.83. The van der Waals surface area contributed by atoms with E-state index in [0.29, 0.717) is 5.15 Å². The van der Waals surface area contributed by atoms with Crippen LogP contribution >= 0.6 is 27.5 Å². The van der Waals surface area contributed by atoms with Crippen LogP contribution in [0.25, 0.3) is 0 Å². The van der Waals surface area contributed by atoms with Gasteiger partial charge < -0.3 is 4.74 Å². The number of likely N-dealkylation sites (tertiary alicyclic amines) is 1. The van der Waals surface area contributed by atoms with Gasteiger partial charge in [0.2, 0.25) is 0 Å². The van der Waals surface area contributed by atoms with Crippen LogP contribution < -0.4 is 4.74 Å². The van der Waals surface area contributed by atoms with E-state index in [-0.39, 0.29) is 6.10 Å². The van der Waals surface area contributed by atoms with E-state index >= 15 is 0 Å². The molecule has 2 heterocycles. The summed E-state index contributed by atoms with van der Waals surface area (Å²) in [5.74, 6) is 0.757. The van der Waals surface area contributed by atoms with Crippen LogP contribution in [0.3, 0.4) is 0 Å². The maximum absolute atomic E-state index is 5.83. The molecule has 0 aromatic carbocycles. The van der Waals surface area contributed by atoms with E-state index in [1.807, 2.05) is 6.07 Å². The summed E-state index contributed by atoms with van der Waals surface area (Å²) in [5.41, 5.74) is 0. The van der Waals surface area contributed by atoms with Crippen molar-refractivity contribution in [3.8, 4) is 5.75 Å². The Hall–Kier alpha value is -0.320. The second kappa shape index (κ2) is 6.03. The van der Waals surface area contributed by atoms with Crippen molar-refractivity contribution >= 4 is 27.5 Å². The van der Waals surface area contributed by atoms with Gasteiger partial charge in [-0.25, -0.2) is 4.98 Å². The largest absolute Gasteiger partial charge is 0.488 e. The topological polar surface area (TPSA) is 25.4 Å². The van der Waals surface area contributed by atoms with Crippen molar-refractivity contribution in [2.24, 2.45) is 0 Å². The van der Waals surface area contributed by atoms with E-state index in [4.69, 9.17) is 16.3 Å². The molecule has 1 aliphatic heterocycles. The summed E-state index contributed by atoms with van der Waals surface area (Å²) >= 11 is 9.17. The van der Waals surface area contributed by atoms with Crippen LogP contribution in [0.2, 0.25) is 5.15 Å². The van der Waals surface area contributed by atoms with Crippen LogP contribution in [0.15, 0.2) is 16.7 Å². The predicted octanol–water partition coefficient (Wildman–Crippen LogP) is 3.36. The summed E-state index contributed by atoms with van der Waals surface area (Å²) in [4.78, 5) is 6.48. The molecule has 1 aliphatic rings. The fourth-order valence-corrected chi connectivity index (χ4v) is 2.50. The Bertz CT molecular complexity index is 383. The standard InChI is InChI=1S/C12H16BrClN2O/c1-9(8-16-4-2-3-5-16)17-10-6-11(13)12(14)15-7-10/h6-7,9H,2-5,8H2,1H3/t9-/m0/s1. The van der Waals surface area contributed by atoms with Crippen LogP contribution in [-0.4, -0.2) is 35.6 Å². The first-order valence-corrected chi connectivity index (χ1v) is 7.02. The molecule has 0 amide bonds. The molecule has 1 aromatic heterocycles. The molecule has 0 unspecified atom stereocenters. The molecular weight excluding hydrogens is 304 g/mol. The number of rotatable bonds is 4. The van der Waals surface area contributed by atoms with Gasteiger partial charge in [-0.05, 0) is 54.9 Å². The highest BCUT2D eigenvalue weighted by Crippen LogP contribution is 2.24. The Morgan fingerprint density at radius 2 is 2.24 bits per heavy atom. The molecule has 1 saturated heterocycles. The number of pyridine rings is 1. The van der Waals surface area contributed by atoms with Gasteiger partial charge in [0, 0.05) is 6.54 Å². The normalized spacial score (nSPS) is 18.3. The number of halogens is 2. The third kappa shape index (κ3) is 3.83. The third-order valence-electron chi connectivity index (χ3n) is 2.82. The Morgan fingerprint density at radius 3 is 2.88 bits per heavy atom. The minimum absolute atomic E-state index is 0.169. The maximum Gasteiger partial charge on any atom is 0.143 e. The van der Waals surface area contributed by atoms with Crippen LogP contribution in [0.1, 0.15) is 19.8 Å². The zero-order valence-electron chi connectivity index (χ0n) is 9.83. The lowest BCUT2D eigenvalue weighted by Gasteiger charge is -2.21. The van der Waals surface area contributed by atoms with Crippen molar-refractivity contribution in [1.29, 1.82) is 0 Å². The van der Waals surface area contributed by atoms with Gasteiger partial charge in [-0.2, -0.15) is 0 Å². The lowest BCUT2D eigenvalue weighted by molar-refractivity contribution is 0.161. The first-order valence-electron chi connectivity index (χ1n) is 5.85. The molecule has 3 nitrogen and oxygen atoms in total. The Morgan fingerprint density at radius 1 is 1.53 bits per heavy atom. The van der Waals surface area contributed by atoms with Gasteiger partial charge >= 0.3 is 0 Å². The molecule has 0 aliphatic carbocycles. The van der Waals surface area contributed by atoms with Crippen molar-refractivity contribution in [1.82, 2.24) is 9.88 Å². The molecule has 0 saturated carbocycles. The van der Waals surface area contributed by atoms with E-state index < -0.39 is 0 Å². The van der Waals surface area contributed by atoms with E-state index in [1.54, 1.807) is 6.20 Å². The lowest BCUT2D eigenvalue weighted by atomic mass is 10.3. The van der Waals surface area contributed by atoms with Crippen molar-refractivity contribution in [2.75, 3.05) is 19.6 Å². The van der Waals surface area contributed by atoms with Crippen molar-refractivity contribution in [2.45, 2.75) is 25.9 Å². The van der Waals surface area contributed by atoms with Crippen molar-refractivity contribution < 1.29 is 4.74 Å². The minimum atomic E-state index is 0.169. The zero-order chi connectivity index (χ0) is 12.3. The van der Waals surface area contributed by atoms with Gasteiger partial charge in [0.15, 0.2) is 0 Å². The first kappa shape index (κ1) is 13.1. The summed E-state index contributed by atoms with van der Waals surface area (Å²) < 4.78 is 6.59. The minimum Gasteiger partial charge on any atom is -0.488 e. The molecular formula is C12H16BrClN2O. The first-order chi connectivity index (χ1) is 8.15. The highest BCUT2D eigenvalue weighted by atomic mass is 79.9. The van der Waals surface area contributed by atoms with Crippen LogP contribution in [0.4, 0.5) is 0 Å². The highest BCUT2D eigenvalue weighted by Gasteiger charge is 2.15. The number of hydrogen-bond acceptors (Lipinski definition) is 3. The van der Waals surface area contributed by atoms with Crippen molar-refractivity contribution in [3.05, 3.63) is 21.9 Å². The molecule has 0 spiro atoms. The highest BCUT2D eigenvalue weighted by molar-refractivity contribution is 9.10. The Kier molecular flexibility index (Phi) is 4.65. The fourth-order valence-electron chi connectivity index (χ4n) is 2.07. The molecule has 2 rings (SSSR count). The Labute approximate surface area is 115 Å². The van der Waals surface area contributed by atoms with Gasteiger partial charge in [0.1, 0.15) is 17.0 Å². The van der Waals surface area contributed by atoms with Gasteiger partial charge in [-0.1, -0.05) is 11.6 Å². The van der Waals surface area contributed by atoms with Crippen LogP contribution in [0, 0.1) is 0 Å². The summed E-state index contributed by atoms with van der Waals surface area (Å²) in [7, 11) is 0. The lowest BCUT2D eigenvalue weighted by Crippen LogP contribution is -2.31. The molecule has 0 radical (unpaired) electrons. The molecule has 1 atom stereocenters. The summed E-state index contributed by atoms with van der Waals surface area (Å²) in [5, 5.41) is 0.463. The Balaban J connectivity index is 1.88. The number of nitrogens with zero attached hydrogens (tertiary/aromatic N) is 2. The monoisotopic (exact) mass is 318 g/mol. The van der Waals surface area contributed by atoms with Gasteiger partial charge in [0.25, 0.3) is 0 Å². The molecule has 94 valence electrons. The molecule has 17 heavy (non-hydrogen) atoms. The third-order valence-corrected chi connectivity index (χ3v) is 3.96.